The van der Waals surface area contributed by atoms with Gasteiger partial charge < -0.3 is 10.2 Å². The zero-order valence-electron chi connectivity index (χ0n) is 18.9. The molecule has 180 valence electrons. The fourth-order valence-electron chi connectivity index (χ4n) is 3.93. The highest BCUT2D eigenvalue weighted by Gasteiger charge is 2.23. The number of anilines is 1. The number of hydrogen-bond donors (Lipinski definition) is 1. The van der Waals surface area contributed by atoms with E-state index in [9.17, 15) is 14.0 Å². The Balaban J connectivity index is 1.24. The number of benzene rings is 2. The molecule has 0 spiro atoms. The Bertz CT molecular complexity index is 1460. The van der Waals surface area contributed by atoms with Crippen LogP contribution in [0.15, 0.2) is 53.3 Å². The Labute approximate surface area is 209 Å². The number of rotatable bonds is 4. The normalized spacial score (nSPS) is 14.4. The summed E-state index contributed by atoms with van der Waals surface area (Å²) in [6, 6.07) is 13.1. The van der Waals surface area contributed by atoms with E-state index < -0.39 is 5.82 Å². The average molecular weight is 513 g/mol. The molecule has 0 aliphatic carbocycles. The van der Waals surface area contributed by atoms with E-state index in [1.54, 1.807) is 29.2 Å². The number of nitrogens with zero attached hydrogens (tertiary/aromatic N) is 5. The molecule has 1 aliphatic rings. The Kier molecular flexibility index (Phi) is 6.50. The smallest absolute Gasteiger partial charge is 0.321 e. The van der Waals surface area contributed by atoms with Gasteiger partial charge in [-0.2, -0.15) is 9.61 Å². The summed E-state index contributed by atoms with van der Waals surface area (Å²) in [4.78, 5) is 34.1. The largest absolute Gasteiger partial charge is 0.322 e. The van der Waals surface area contributed by atoms with Gasteiger partial charge in [-0.25, -0.2) is 14.2 Å². The second-order valence-corrected chi connectivity index (χ2v) is 9.71. The summed E-state index contributed by atoms with van der Waals surface area (Å²) in [5.41, 5.74) is 2.25. The van der Waals surface area contributed by atoms with Crippen LogP contribution in [0.2, 0.25) is 5.02 Å². The summed E-state index contributed by atoms with van der Waals surface area (Å²) in [5.74, 6) is -0.397. The summed E-state index contributed by atoms with van der Waals surface area (Å²) < 4.78 is 15.4. The maximum absolute atomic E-state index is 14.2. The molecule has 0 saturated carbocycles. The number of carbonyl (C=O) groups excluding carboxylic acids is 1. The molecule has 0 radical (unpaired) electrons. The summed E-state index contributed by atoms with van der Waals surface area (Å²) >= 11 is 7.40. The Morgan fingerprint density at radius 3 is 2.66 bits per heavy atom. The fourth-order valence-corrected chi connectivity index (χ4v) is 5.17. The van der Waals surface area contributed by atoms with Crippen LogP contribution in [-0.4, -0.2) is 56.6 Å². The van der Waals surface area contributed by atoms with Gasteiger partial charge in [0.15, 0.2) is 5.01 Å². The zero-order chi connectivity index (χ0) is 24.5. The molecule has 1 fully saturated rings. The number of fused-ring (bicyclic) bond motifs is 1. The maximum atomic E-state index is 14.2. The minimum Gasteiger partial charge on any atom is -0.322 e. The minimum absolute atomic E-state index is 0.196. The van der Waals surface area contributed by atoms with Crippen LogP contribution < -0.4 is 10.9 Å². The highest BCUT2D eigenvalue weighted by molar-refractivity contribution is 7.19. The summed E-state index contributed by atoms with van der Waals surface area (Å²) in [7, 11) is 0. The fraction of sp³-hybridized carbons (Fsp3) is 0.250. The quantitative estimate of drug-likeness (QED) is 0.441. The van der Waals surface area contributed by atoms with Crippen molar-refractivity contribution in [2.24, 2.45) is 0 Å². The molecule has 3 heterocycles. The molecule has 5 rings (SSSR count). The first kappa shape index (κ1) is 23.4. The van der Waals surface area contributed by atoms with E-state index in [2.05, 4.69) is 20.3 Å². The topological polar surface area (TPSA) is 82.8 Å². The summed E-state index contributed by atoms with van der Waals surface area (Å²) in [6.07, 6.45) is 0. The summed E-state index contributed by atoms with van der Waals surface area (Å²) in [6.45, 7) is 4.76. The lowest BCUT2D eigenvalue weighted by molar-refractivity contribution is 0.142. The van der Waals surface area contributed by atoms with Gasteiger partial charge in [0.1, 0.15) is 5.82 Å². The highest BCUT2D eigenvalue weighted by atomic mass is 35.5. The molecule has 1 saturated heterocycles. The van der Waals surface area contributed by atoms with E-state index in [1.807, 2.05) is 19.1 Å². The van der Waals surface area contributed by atoms with Crippen LogP contribution in [0.3, 0.4) is 0 Å². The number of aromatic nitrogens is 3. The van der Waals surface area contributed by atoms with Gasteiger partial charge in [-0.15, -0.1) is 0 Å². The van der Waals surface area contributed by atoms with Crippen LogP contribution in [0.1, 0.15) is 11.3 Å². The third-order valence-electron chi connectivity index (χ3n) is 5.81. The third kappa shape index (κ3) is 5.04. The van der Waals surface area contributed by atoms with Crippen molar-refractivity contribution in [1.82, 2.24) is 24.4 Å². The molecule has 1 N–H and O–H groups in total. The van der Waals surface area contributed by atoms with E-state index in [0.717, 1.165) is 5.56 Å². The monoisotopic (exact) mass is 512 g/mol. The van der Waals surface area contributed by atoms with Crippen molar-refractivity contribution >= 4 is 39.6 Å². The predicted octanol–water partition coefficient (Wildman–Crippen LogP) is 4.27. The molecule has 0 bridgehead atoms. The number of piperazine rings is 1. The molecule has 0 atom stereocenters. The van der Waals surface area contributed by atoms with Gasteiger partial charge in [0.25, 0.3) is 5.56 Å². The van der Waals surface area contributed by atoms with Crippen molar-refractivity contribution in [2.45, 2.75) is 13.5 Å². The van der Waals surface area contributed by atoms with E-state index in [0.29, 0.717) is 64.7 Å². The number of urea groups is 1. The number of carbonyl (C=O) groups is 1. The van der Waals surface area contributed by atoms with Gasteiger partial charge in [-0.3, -0.25) is 9.69 Å². The van der Waals surface area contributed by atoms with Crippen molar-refractivity contribution in [1.29, 1.82) is 0 Å². The number of amides is 2. The molecule has 2 aromatic carbocycles. The lowest BCUT2D eigenvalue weighted by Crippen LogP contribution is -2.49. The Hall–Kier alpha value is -3.34. The van der Waals surface area contributed by atoms with E-state index >= 15 is 0 Å². The van der Waals surface area contributed by atoms with Crippen LogP contribution in [-0.2, 0) is 6.54 Å². The first-order valence-corrected chi connectivity index (χ1v) is 12.3. The van der Waals surface area contributed by atoms with Gasteiger partial charge in [-0.05, 0) is 36.8 Å². The first-order chi connectivity index (χ1) is 16.9. The van der Waals surface area contributed by atoms with Gasteiger partial charge >= 0.3 is 6.03 Å². The number of nitrogens with one attached hydrogen (secondary N) is 1. The molecule has 2 aromatic heterocycles. The van der Waals surface area contributed by atoms with Gasteiger partial charge in [0, 0.05) is 44.4 Å². The maximum Gasteiger partial charge on any atom is 0.321 e. The van der Waals surface area contributed by atoms with Crippen molar-refractivity contribution in [3.05, 3.63) is 81.0 Å². The van der Waals surface area contributed by atoms with Crippen LogP contribution >= 0.6 is 22.9 Å². The molecule has 4 aromatic rings. The molecule has 11 heteroatoms. The molecule has 1 aliphatic heterocycles. The van der Waals surface area contributed by atoms with Gasteiger partial charge in [0.05, 0.1) is 16.4 Å². The van der Waals surface area contributed by atoms with Gasteiger partial charge in [-0.1, -0.05) is 41.1 Å². The van der Waals surface area contributed by atoms with E-state index in [-0.39, 0.29) is 11.6 Å². The van der Waals surface area contributed by atoms with Crippen molar-refractivity contribution < 1.29 is 9.18 Å². The minimum atomic E-state index is -0.397. The lowest BCUT2D eigenvalue weighted by Gasteiger charge is -2.34. The van der Waals surface area contributed by atoms with Crippen molar-refractivity contribution in [3.8, 4) is 10.6 Å². The number of aryl methyl sites for hydroxylation is 1. The molecule has 2 amide bonds. The van der Waals surface area contributed by atoms with Crippen LogP contribution in [0.4, 0.5) is 14.9 Å². The Morgan fingerprint density at radius 1 is 1.14 bits per heavy atom. The van der Waals surface area contributed by atoms with Crippen molar-refractivity contribution in [3.63, 3.8) is 0 Å². The molecule has 8 nitrogen and oxygen atoms in total. The molecule has 35 heavy (non-hydrogen) atoms. The average Bonchev–Trinajstić information content (AvgIpc) is 3.26. The second kappa shape index (κ2) is 9.73. The standard InChI is InChI=1S/C24H22ClFN6O2S/c1-15-6-7-20(18(25)12-15)28-23(34)31-10-8-30(9-11-31)14-16-13-21(33)32-24(27-16)35-22(29-32)17-4-2-3-5-19(17)26/h2-7,12-13H,8-11,14H2,1H3,(H,28,34). The lowest BCUT2D eigenvalue weighted by atomic mass is 10.2. The SMILES string of the molecule is Cc1ccc(NC(=O)N2CCN(Cc3cc(=O)n4nc(-c5ccccc5F)sc4n3)CC2)c(Cl)c1. The van der Waals surface area contributed by atoms with E-state index in [1.165, 1.54) is 28.0 Å². The first-order valence-electron chi connectivity index (χ1n) is 11.1. The molecular formula is C24H22ClFN6O2S. The van der Waals surface area contributed by atoms with Gasteiger partial charge in [0.2, 0.25) is 4.96 Å². The van der Waals surface area contributed by atoms with Crippen LogP contribution in [0, 0.1) is 12.7 Å². The van der Waals surface area contributed by atoms with Crippen LogP contribution in [0.5, 0.6) is 0 Å². The summed E-state index contributed by atoms with van der Waals surface area (Å²) in [5, 5.41) is 8.03. The van der Waals surface area contributed by atoms with Crippen molar-refractivity contribution in [2.75, 3.05) is 31.5 Å². The third-order valence-corrected chi connectivity index (χ3v) is 7.07. The zero-order valence-corrected chi connectivity index (χ0v) is 20.4. The predicted molar refractivity (Wildman–Crippen MR) is 135 cm³/mol. The highest BCUT2D eigenvalue weighted by Crippen LogP contribution is 2.27. The molecule has 0 unspecified atom stereocenters. The second-order valence-electron chi connectivity index (χ2n) is 8.34. The molecular weight excluding hydrogens is 491 g/mol. The number of halogens is 2. The van der Waals surface area contributed by atoms with E-state index in [4.69, 9.17) is 11.6 Å². The number of hydrogen-bond acceptors (Lipinski definition) is 6. The Morgan fingerprint density at radius 2 is 1.91 bits per heavy atom. The van der Waals surface area contributed by atoms with Crippen LogP contribution in [0.25, 0.3) is 15.5 Å².